The van der Waals surface area contributed by atoms with Crippen LogP contribution in [-0.2, 0) is 20.7 Å². The van der Waals surface area contributed by atoms with Gasteiger partial charge in [0.25, 0.3) is 0 Å². The molecule has 1 spiro atoms. The number of benzene rings is 1. The van der Waals surface area contributed by atoms with E-state index in [-0.39, 0.29) is 5.91 Å². The lowest BCUT2D eigenvalue weighted by molar-refractivity contribution is -0.125. The number of amides is 2. The molecule has 7 nitrogen and oxygen atoms in total. The molecule has 1 saturated heterocycles. The molecule has 0 aliphatic carbocycles. The number of methoxy groups -OCH3 is 1. The van der Waals surface area contributed by atoms with Crippen molar-refractivity contribution < 1.29 is 23.9 Å². The Kier molecular flexibility index (Phi) is 4.42. The molecule has 7 heteroatoms. The summed E-state index contributed by atoms with van der Waals surface area (Å²) in [7, 11) is 1.32. The molecule has 1 atom stereocenters. The van der Waals surface area contributed by atoms with Crippen LogP contribution in [0.25, 0.3) is 0 Å². The minimum atomic E-state index is -0.656. The van der Waals surface area contributed by atoms with E-state index in [0.717, 1.165) is 5.56 Å². The molecule has 1 unspecified atom stereocenters. The molecule has 3 rings (SSSR count). The van der Waals surface area contributed by atoms with Gasteiger partial charge in [-0.1, -0.05) is 6.07 Å². The first kappa shape index (κ1) is 18.2. The Hall–Kier alpha value is -2.57. The highest BCUT2D eigenvalue weighted by Crippen LogP contribution is 2.41. The Morgan fingerprint density at radius 3 is 2.65 bits per heavy atom. The van der Waals surface area contributed by atoms with Crippen LogP contribution in [0.3, 0.4) is 0 Å². The predicted octanol–water partition coefficient (Wildman–Crippen LogP) is 2.60. The molecular formula is C19H24N2O5. The molecule has 140 valence electrons. The normalized spacial score (nSPS) is 22.0. The Labute approximate surface area is 152 Å². The zero-order valence-corrected chi connectivity index (χ0v) is 15.5. The standard InChI is InChI=1S/C19H24N2O5/c1-18(2,3)26-17(24)21-8-7-19(11-21)10-13-6-5-12(15(22)25-4)9-14(13)20-16(19)23/h5-6,9H,7-8,10-11H2,1-4H3,(H,20,23). The van der Waals surface area contributed by atoms with Gasteiger partial charge in [0.15, 0.2) is 0 Å². The molecule has 0 bridgehead atoms. The maximum atomic E-state index is 12.8. The summed E-state index contributed by atoms with van der Waals surface area (Å²) in [5.74, 6) is -0.572. The smallest absolute Gasteiger partial charge is 0.410 e. The van der Waals surface area contributed by atoms with Crippen LogP contribution in [0.5, 0.6) is 0 Å². The maximum absolute atomic E-state index is 12.8. The van der Waals surface area contributed by atoms with Gasteiger partial charge >= 0.3 is 12.1 Å². The van der Waals surface area contributed by atoms with Crippen LogP contribution in [0.4, 0.5) is 10.5 Å². The molecule has 0 aromatic heterocycles. The highest BCUT2D eigenvalue weighted by Gasteiger charge is 2.49. The van der Waals surface area contributed by atoms with Crippen molar-refractivity contribution in [3.8, 4) is 0 Å². The highest BCUT2D eigenvalue weighted by molar-refractivity contribution is 6.01. The summed E-state index contributed by atoms with van der Waals surface area (Å²) < 4.78 is 10.1. The summed E-state index contributed by atoms with van der Waals surface area (Å²) in [5, 5.41) is 2.89. The van der Waals surface area contributed by atoms with E-state index in [1.165, 1.54) is 7.11 Å². The lowest BCUT2D eigenvalue weighted by Crippen LogP contribution is -2.45. The minimum Gasteiger partial charge on any atom is -0.465 e. The molecule has 1 aromatic carbocycles. The largest absolute Gasteiger partial charge is 0.465 e. The van der Waals surface area contributed by atoms with Gasteiger partial charge in [-0.05, 0) is 51.3 Å². The average molecular weight is 360 g/mol. The number of rotatable bonds is 1. The van der Waals surface area contributed by atoms with Gasteiger partial charge in [0.05, 0.1) is 18.1 Å². The number of ether oxygens (including phenoxy) is 2. The van der Waals surface area contributed by atoms with Gasteiger partial charge in [-0.3, -0.25) is 4.79 Å². The van der Waals surface area contributed by atoms with Gasteiger partial charge in [0.1, 0.15) is 5.60 Å². The number of nitrogens with zero attached hydrogens (tertiary/aromatic N) is 1. The number of anilines is 1. The molecule has 1 aromatic rings. The number of carbonyl (C=O) groups is 3. The zero-order chi connectivity index (χ0) is 19.1. The van der Waals surface area contributed by atoms with Crippen molar-refractivity contribution in [1.82, 2.24) is 4.90 Å². The zero-order valence-electron chi connectivity index (χ0n) is 15.5. The van der Waals surface area contributed by atoms with E-state index in [1.807, 2.05) is 26.8 Å². The molecule has 0 radical (unpaired) electrons. The Balaban J connectivity index is 1.78. The Morgan fingerprint density at radius 1 is 1.27 bits per heavy atom. The molecule has 2 aliphatic heterocycles. The van der Waals surface area contributed by atoms with Gasteiger partial charge in [-0.15, -0.1) is 0 Å². The number of hydrogen-bond donors (Lipinski definition) is 1. The quantitative estimate of drug-likeness (QED) is 0.778. The Morgan fingerprint density at radius 2 is 2.00 bits per heavy atom. The molecule has 2 amide bonds. The minimum absolute atomic E-state index is 0.127. The van der Waals surface area contributed by atoms with Crippen LogP contribution in [0.15, 0.2) is 18.2 Å². The maximum Gasteiger partial charge on any atom is 0.410 e. The SMILES string of the molecule is COC(=O)c1ccc2c(c1)NC(=O)C1(CCN(C(=O)OC(C)(C)C)C1)C2. The predicted molar refractivity (Wildman–Crippen MR) is 95.0 cm³/mol. The van der Waals surface area contributed by atoms with Crippen molar-refractivity contribution in [2.75, 3.05) is 25.5 Å². The van der Waals surface area contributed by atoms with Crippen molar-refractivity contribution in [2.24, 2.45) is 5.41 Å². The van der Waals surface area contributed by atoms with Crippen molar-refractivity contribution >= 4 is 23.7 Å². The topological polar surface area (TPSA) is 84.9 Å². The third kappa shape index (κ3) is 3.38. The number of nitrogens with one attached hydrogen (secondary N) is 1. The fourth-order valence-electron chi connectivity index (χ4n) is 3.48. The fourth-order valence-corrected chi connectivity index (χ4v) is 3.48. The molecular weight excluding hydrogens is 336 g/mol. The molecule has 2 heterocycles. The molecule has 1 N–H and O–H groups in total. The second-order valence-electron chi connectivity index (χ2n) is 7.93. The third-order valence-corrected chi connectivity index (χ3v) is 4.80. The van der Waals surface area contributed by atoms with Gasteiger partial charge in [-0.25, -0.2) is 9.59 Å². The molecule has 1 fully saturated rings. The van der Waals surface area contributed by atoms with Gasteiger partial charge in [-0.2, -0.15) is 0 Å². The van der Waals surface area contributed by atoms with E-state index in [0.29, 0.717) is 37.2 Å². The van der Waals surface area contributed by atoms with Gasteiger partial charge in [0, 0.05) is 18.8 Å². The second kappa shape index (κ2) is 6.30. The van der Waals surface area contributed by atoms with E-state index in [4.69, 9.17) is 9.47 Å². The monoisotopic (exact) mass is 360 g/mol. The van der Waals surface area contributed by atoms with E-state index in [1.54, 1.807) is 17.0 Å². The number of hydrogen-bond acceptors (Lipinski definition) is 5. The first-order chi connectivity index (χ1) is 12.1. The van der Waals surface area contributed by atoms with Crippen LogP contribution in [0, 0.1) is 5.41 Å². The average Bonchev–Trinajstić information content (AvgIpc) is 2.98. The molecule has 2 aliphatic rings. The Bertz CT molecular complexity index is 768. The van der Waals surface area contributed by atoms with Crippen LogP contribution >= 0.6 is 0 Å². The van der Waals surface area contributed by atoms with E-state index in [2.05, 4.69) is 5.32 Å². The van der Waals surface area contributed by atoms with Crippen LogP contribution in [-0.4, -0.2) is 48.7 Å². The summed E-state index contributed by atoms with van der Waals surface area (Å²) in [6.07, 6.45) is 0.708. The van der Waals surface area contributed by atoms with Crippen molar-refractivity contribution in [3.63, 3.8) is 0 Å². The third-order valence-electron chi connectivity index (χ3n) is 4.80. The van der Waals surface area contributed by atoms with Crippen LogP contribution < -0.4 is 5.32 Å². The first-order valence-corrected chi connectivity index (χ1v) is 8.64. The summed E-state index contributed by atoms with van der Waals surface area (Å²) in [6, 6.07) is 5.15. The lowest BCUT2D eigenvalue weighted by atomic mass is 9.77. The summed E-state index contributed by atoms with van der Waals surface area (Å²) >= 11 is 0. The second-order valence-corrected chi connectivity index (χ2v) is 7.93. The number of carbonyl (C=O) groups excluding carboxylic acids is 3. The summed E-state index contributed by atoms with van der Waals surface area (Å²) in [4.78, 5) is 38.4. The summed E-state index contributed by atoms with van der Waals surface area (Å²) in [6.45, 7) is 6.27. The van der Waals surface area contributed by atoms with Gasteiger partial charge < -0.3 is 19.7 Å². The van der Waals surface area contributed by atoms with Crippen molar-refractivity contribution in [2.45, 2.75) is 39.2 Å². The van der Waals surface area contributed by atoms with Crippen molar-refractivity contribution in [3.05, 3.63) is 29.3 Å². The molecule has 26 heavy (non-hydrogen) atoms. The van der Waals surface area contributed by atoms with Crippen molar-refractivity contribution in [1.29, 1.82) is 0 Å². The number of esters is 1. The molecule has 0 saturated carbocycles. The van der Waals surface area contributed by atoms with E-state index < -0.39 is 23.1 Å². The number of likely N-dealkylation sites (tertiary alicyclic amines) is 1. The van der Waals surface area contributed by atoms with Crippen LogP contribution in [0.1, 0.15) is 43.1 Å². The van der Waals surface area contributed by atoms with E-state index in [9.17, 15) is 14.4 Å². The van der Waals surface area contributed by atoms with Gasteiger partial charge in [0.2, 0.25) is 5.91 Å². The fraction of sp³-hybridized carbons (Fsp3) is 0.526. The van der Waals surface area contributed by atoms with E-state index >= 15 is 0 Å². The lowest BCUT2D eigenvalue weighted by Gasteiger charge is -2.34. The highest BCUT2D eigenvalue weighted by atomic mass is 16.6. The van der Waals surface area contributed by atoms with Crippen LogP contribution in [0.2, 0.25) is 0 Å². The summed E-state index contributed by atoms with van der Waals surface area (Å²) in [5.41, 5.74) is 0.738. The first-order valence-electron chi connectivity index (χ1n) is 8.64. The number of fused-ring (bicyclic) bond motifs is 1.